The molecule has 0 bridgehead atoms. The highest BCUT2D eigenvalue weighted by Gasteiger charge is 2.34. The zero-order valence-electron chi connectivity index (χ0n) is 9.67. The fraction of sp³-hybridized carbons (Fsp3) is 0.909. The summed E-state index contributed by atoms with van der Waals surface area (Å²) in [7, 11) is 0. The number of hydrogen-bond donors (Lipinski definition) is 1. The molecule has 0 radical (unpaired) electrons. The number of carbonyl (C=O) groups excluding carboxylic acids is 1. The van der Waals surface area contributed by atoms with Crippen molar-refractivity contribution >= 4 is 5.97 Å². The van der Waals surface area contributed by atoms with Crippen molar-refractivity contribution in [1.29, 1.82) is 0 Å². The average Bonchev–Trinajstić information content (AvgIpc) is 2.18. The number of aliphatic hydroxyl groups excluding tert-OH is 1. The van der Waals surface area contributed by atoms with E-state index in [-0.39, 0.29) is 18.0 Å². The van der Waals surface area contributed by atoms with Crippen LogP contribution >= 0.6 is 0 Å². The van der Waals surface area contributed by atoms with E-state index in [1.54, 1.807) is 6.92 Å². The van der Waals surface area contributed by atoms with E-state index in [1.165, 1.54) is 0 Å². The highest BCUT2D eigenvalue weighted by Crippen LogP contribution is 2.31. The quantitative estimate of drug-likeness (QED) is 0.671. The summed E-state index contributed by atoms with van der Waals surface area (Å²) >= 11 is 0. The third-order valence-corrected chi connectivity index (χ3v) is 2.92. The Morgan fingerprint density at radius 1 is 1.29 bits per heavy atom. The summed E-state index contributed by atoms with van der Waals surface area (Å²) in [6.45, 7) is 7.70. The fourth-order valence-electron chi connectivity index (χ4n) is 1.53. The van der Waals surface area contributed by atoms with Crippen LogP contribution in [-0.2, 0) is 9.53 Å². The number of ether oxygens (including phenoxy) is 1. The van der Waals surface area contributed by atoms with Crippen LogP contribution in [0.5, 0.6) is 0 Å². The van der Waals surface area contributed by atoms with E-state index in [1.807, 2.05) is 20.8 Å². The number of rotatable bonds is 6. The first-order chi connectivity index (χ1) is 6.52. The molecule has 3 heteroatoms. The van der Waals surface area contributed by atoms with Crippen LogP contribution in [0.15, 0.2) is 0 Å². The van der Waals surface area contributed by atoms with Crippen LogP contribution < -0.4 is 0 Å². The maximum absolute atomic E-state index is 11.7. The van der Waals surface area contributed by atoms with Crippen LogP contribution in [0.2, 0.25) is 0 Å². The minimum absolute atomic E-state index is 0.0978. The summed E-state index contributed by atoms with van der Waals surface area (Å²) < 4.78 is 5.05. The summed E-state index contributed by atoms with van der Waals surface area (Å²) in [5.74, 6) is -0.175. The molecule has 0 fully saturated rings. The van der Waals surface area contributed by atoms with E-state index in [2.05, 4.69) is 0 Å². The van der Waals surface area contributed by atoms with Crippen molar-refractivity contribution in [2.45, 2.75) is 53.1 Å². The molecule has 1 N–H and O–H groups in total. The number of hydrogen-bond acceptors (Lipinski definition) is 3. The van der Waals surface area contributed by atoms with Crippen LogP contribution in [-0.4, -0.2) is 23.8 Å². The Morgan fingerprint density at radius 3 is 2.00 bits per heavy atom. The molecule has 1 atom stereocenters. The minimum Gasteiger partial charge on any atom is -0.463 e. The number of aliphatic hydroxyl groups is 1. The third-order valence-electron chi connectivity index (χ3n) is 2.92. The van der Waals surface area contributed by atoms with Gasteiger partial charge in [0, 0.05) is 0 Å². The van der Waals surface area contributed by atoms with Crippen LogP contribution in [0.25, 0.3) is 0 Å². The highest BCUT2D eigenvalue weighted by atomic mass is 16.5. The summed E-state index contributed by atoms with van der Waals surface area (Å²) in [6, 6.07) is 0. The molecule has 0 aromatic carbocycles. The van der Waals surface area contributed by atoms with E-state index in [9.17, 15) is 4.79 Å². The van der Waals surface area contributed by atoms with Gasteiger partial charge in [-0.25, -0.2) is 0 Å². The third kappa shape index (κ3) is 3.29. The maximum atomic E-state index is 11.7. The fourth-order valence-corrected chi connectivity index (χ4v) is 1.53. The molecule has 0 amide bonds. The summed E-state index contributed by atoms with van der Waals surface area (Å²) in [5, 5.41) is 9.01. The first-order valence-electron chi connectivity index (χ1n) is 5.37. The Kier molecular flexibility index (Phi) is 5.77. The molecule has 3 nitrogen and oxygen atoms in total. The molecule has 0 aliphatic heterocycles. The standard InChI is InChI=1S/C11H22O3/c1-5-11(6-2,7-3)10(13)14-8-9(4)12/h9,12H,5-8H2,1-4H3. The van der Waals surface area contributed by atoms with Gasteiger partial charge in [-0.15, -0.1) is 0 Å². The molecule has 14 heavy (non-hydrogen) atoms. The van der Waals surface area contributed by atoms with Gasteiger partial charge in [-0.2, -0.15) is 0 Å². The van der Waals surface area contributed by atoms with Gasteiger partial charge in [-0.3, -0.25) is 4.79 Å². The first-order valence-corrected chi connectivity index (χ1v) is 5.37. The van der Waals surface area contributed by atoms with Crippen molar-refractivity contribution in [3.05, 3.63) is 0 Å². The Labute approximate surface area is 86.5 Å². The summed E-state index contributed by atoms with van der Waals surface area (Å²) in [6.07, 6.45) is 1.79. The van der Waals surface area contributed by atoms with Gasteiger partial charge in [0.2, 0.25) is 0 Å². The Morgan fingerprint density at radius 2 is 1.71 bits per heavy atom. The predicted molar refractivity (Wildman–Crippen MR) is 55.9 cm³/mol. The van der Waals surface area contributed by atoms with Crippen LogP contribution in [0.3, 0.4) is 0 Å². The van der Waals surface area contributed by atoms with Crippen molar-refractivity contribution in [3.63, 3.8) is 0 Å². The van der Waals surface area contributed by atoms with Gasteiger partial charge in [0.15, 0.2) is 0 Å². The van der Waals surface area contributed by atoms with Crippen molar-refractivity contribution < 1.29 is 14.6 Å². The zero-order valence-corrected chi connectivity index (χ0v) is 9.67. The predicted octanol–water partition coefficient (Wildman–Crippen LogP) is 2.13. The van der Waals surface area contributed by atoms with Gasteiger partial charge in [0.05, 0.1) is 11.5 Å². The lowest BCUT2D eigenvalue weighted by molar-refractivity contribution is -0.159. The van der Waals surface area contributed by atoms with Crippen molar-refractivity contribution in [1.82, 2.24) is 0 Å². The second-order valence-electron chi connectivity index (χ2n) is 3.79. The number of carbonyl (C=O) groups is 1. The molecule has 0 saturated carbocycles. The van der Waals surface area contributed by atoms with Crippen LogP contribution in [0.1, 0.15) is 47.0 Å². The second kappa shape index (κ2) is 6.02. The Bertz CT molecular complexity index is 163. The number of esters is 1. The van der Waals surface area contributed by atoms with Crippen molar-refractivity contribution in [3.8, 4) is 0 Å². The van der Waals surface area contributed by atoms with Gasteiger partial charge >= 0.3 is 5.97 Å². The average molecular weight is 202 g/mol. The molecular weight excluding hydrogens is 180 g/mol. The topological polar surface area (TPSA) is 46.5 Å². The molecule has 0 aromatic heterocycles. The monoisotopic (exact) mass is 202 g/mol. The van der Waals surface area contributed by atoms with E-state index in [4.69, 9.17) is 9.84 Å². The van der Waals surface area contributed by atoms with Gasteiger partial charge < -0.3 is 9.84 Å². The van der Waals surface area contributed by atoms with Gasteiger partial charge in [-0.1, -0.05) is 20.8 Å². The van der Waals surface area contributed by atoms with Crippen molar-refractivity contribution in [2.75, 3.05) is 6.61 Å². The lowest BCUT2D eigenvalue weighted by Gasteiger charge is -2.27. The molecule has 1 unspecified atom stereocenters. The van der Waals surface area contributed by atoms with Gasteiger partial charge in [0.25, 0.3) is 0 Å². The van der Waals surface area contributed by atoms with Crippen LogP contribution in [0.4, 0.5) is 0 Å². The molecule has 0 aliphatic carbocycles. The summed E-state index contributed by atoms with van der Waals surface area (Å²) in [5.41, 5.74) is -0.352. The lowest BCUT2D eigenvalue weighted by Crippen LogP contribution is -2.32. The maximum Gasteiger partial charge on any atom is 0.312 e. The Hall–Kier alpha value is -0.570. The molecule has 84 valence electrons. The smallest absolute Gasteiger partial charge is 0.312 e. The molecule has 0 saturated heterocycles. The molecule has 0 aliphatic rings. The molecule has 0 heterocycles. The molecule has 0 aromatic rings. The largest absolute Gasteiger partial charge is 0.463 e. The van der Waals surface area contributed by atoms with Crippen molar-refractivity contribution in [2.24, 2.45) is 5.41 Å². The highest BCUT2D eigenvalue weighted by molar-refractivity contribution is 5.76. The minimum atomic E-state index is -0.581. The van der Waals surface area contributed by atoms with E-state index < -0.39 is 6.10 Å². The van der Waals surface area contributed by atoms with Crippen LogP contribution in [0, 0.1) is 5.41 Å². The van der Waals surface area contributed by atoms with Gasteiger partial charge in [-0.05, 0) is 26.2 Å². The summed E-state index contributed by atoms with van der Waals surface area (Å²) in [4.78, 5) is 11.7. The molecule has 0 rings (SSSR count). The Balaban J connectivity index is 4.29. The van der Waals surface area contributed by atoms with E-state index in [0.29, 0.717) is 0 Å². The van der Waals surface area contributed by atoms with E-state index in [0.717, 1.165) is 19.3 Å². The first kappa shape index (κ1) is 13.4. The zero-order chi connectivity index (χ0) is 11.2. The molecule has 0 spiro atoms. The second-order valence-corrected chi connectivity index (χ2v) is 3.79. The van der Waals surface area contributed by atoms with E-state index >= 15 is 0 Å². The SMILES string of the molecule is CCC(CC)(CC)C(=O)OCC(C)O. The lowest BCUT2D eigenvalue weighted by atomic mass is 9.80. The van der Waals surface area contributed by atoms with Gasteiger partial charge in [0.1, 0.15) is 6.61 Å². The molecular formula is C11H22O3. The normalized spacial score (nSPS) is 13.8.